The van der Waals surface area contributed by atoms with Gasteiger partial charge in [0.2, 0.25) is 0 Å². The topological polar surface area (TPSA) is 32.3 Å². The number of nitrogens with one attached hydrogen (secondary N) is 1. The van der Waals surface area contributed by atoms with Gasteiger partial charge in [-0.1, -0.05) is 22.5 Å². The molecule has 0 radical (unpaired) electrons. The summed E-state index contributed by atoms with van der Waals surface area (Å²) in [4.78, 5) is 0. The molecule has 60 valence electrons. The van der Waals surface area contributed by atoms with Gasteiger partial charge in [0, 0.05) is 17.1 Å². The van der Waals surface area contributed by atoms with Crippen LogP contribution in [0.25, 0.3) is 0 Å². The van der Waals surface area contributed by atoms with E-state index in [1.807, 2.05) is 6.92 Å². The molecule has 0 aromatic rings. The second-order valence-corrected chi connectivity index (χ2v) is 3.55. The van der Waals surface area contributed by atoms with Gasteiger partial charge in [0.25, 0.3) is 0 Å². The largest absolute Gasteiger partial charge is 0.392 e. The van der Waals surface area contributed by atoms with Crippen LogP contribution in [0, 0.1) is 0 Å². The Morgan fingerprint density at radius 2 is 2.20 bits per heavy atom. The Morgan fingerprint density at radius 1 is 1.70 bits per heavy atom. The Bertz CT molecular complexity index is 114. The third-order valence-corrected chi connectivity index (χ3v) is 1.62. The van der Waals surface area contributed by atoms with Gasteiger partial charge in [0.1, 0.15) is 0 Å². The maximum absolute atomic E-state index is 9.03. The van der Waals surface area contributed by atoms with E-state index in [-0.39, 0.29) is 12.1 Å². The highest BCUT2D eigenvalue weighted by Gasteiger charge is 2.06. The summed E-state index contributed by atoms with van der Waals surface area (Å²) in [5.41, 5.74) is 0. The van der Waals surface area contributed by atoms with Gasteiger partial charge in [-0.2, -0.15) is 0 Å². The number of halogens is 1. The summed E-state index contributed by atoms with van der Waals surface area (Å²) in [5.74, 6) is 0. The van der Waals surface area contributed by atoms with Crippen LogP contribution in [0.15, 0.2) is 11.1 Å². The lowest BCUT2D eigenvalue weighted by Gasteiger charge is -2.15. The van der Waals surface area contributed by atoms with E-state index in [2.05, 4.69) is 27.8 Å². The summed E-state index contributed by atoms with van der Waals surface area (Å²) in [6.45, 7) is 8.05. The first kappa shape index (κ1) is 10.1. The standard InChI is InChI=1S/C7H14BrNO/c1-5(8)4-9-6(2)7(3)10/h6-7,9-10H,1,4H2,2-3H3. The van der Waals surface area contributed by atoms with Gasteiger partial charge in [-0.15, -0.1) is 0 Å². The average molecular weight is 208 g/mol. The van der Waals surface area contributed by atoms with Crippen molar-refractivity contribution in [3.63, 3.8) is 0 Å². The fourth-order valence-electron chi connectivity index (χ4n) is 0.442. The molecule has 0 aromatic carbocycles. The molecule has 2 atom stereocenters. The van der Waals surface area contributed by atoms with E-state index in [0.717, 1.165) is 4.48 Å². The quantitative estimate of drug-likeness (QED) is 0.728. The van der Waals surface area contributed by atoms with E-state index < -0.39 is 0 Å². The Morgan fingerprint density at radius 3 is 2.50 bits per heavy atom. The smallest absolute Gasteiger partial charge is 0.0662 e. The second kappa shape index (κ2) is 4.88. The zero-order valence-corrected chi connectivity index (χ0v) is 7.98. The predicted molar refractivity (Wildman–Crippen MR) is 47.2 cm³/mol. The van der Waals surface area contributed by atoms with Crippen molar-refractivity contribution < 1.29 is 5.11 Å². The van der Waals surface area contributed by atoms with Crippen LogP contribution in [0.2, 0.25) is 0 Å². The van der Waals surface area contributed by atoms with Crippen LogP contribution in [-0.2, 0) is 0 Å². The number of aliphatic hydroxyl groups is 1. The highest BCUT2D eigenvalue weighted by atomic mass is 79.9. The van der Waals surface area contributed by atoms with E-state index in [4.69, 9.17) is 5.11 Å². The van der Waals surface area contributed by atoms with Crippen LogP contribution in [0.1, 0.15) is 13.8 Å². The van der Waals surface area contributed by atoms with Crippen molar-refractivity contribution in [1.82, 2.24) is 5.32 Å². The van der Waals surface area contributed by atoms with Gasteiger partial charge in [-0.3, -0.25) is 0 Å². The minimum Gasteiger partial charge on any atom is -0.392 e. The summed E-state index contributed by atoms with van der Waals surface area (Å²) in [7, 11) is 0. The molecule has 3 heteroatoms. The molecule has 0 spiro atoms. The monoisotopic (exact) mass is 207 g/mol. The number of hydrogen-bond acceptors (Lipinski definition) is 2. The first-order valence-electron chi connectivity index (χ1n) is 3.28. The zero-order chi connectivity index (χ0) is 8.15. The van der Waals surface area contributed by atoms with E-state index in [9.17, 15) is 0 Å². The minimum absolute atomic E-state index is 0.120. The van der Waals surface area contributed by atoms with Crippen LogP contribution >= 0.6 is 15.9 Å². The van der Waals surface area contributed by atoms with Crippen molar-refractivity contribution in [2.24, 2.45) is 0 Å². The minimum atomic E-state index is -0.313. The Kier molecular flexibility index (Phi) is 4.95. The molecule has 0 aliphatic rings. The molecule has 2 unspecified atom stereocenters. The molecule has 0 aromatic heterocycles. The van der Waals surface area contributed by atoms with Crippen LogP contribution in [0.4, 0.5) is 0 Å². The summed E-state index contributed by atoms with van der Waals surface area (Å²) in [6, 6.07) is 0.120. The molecule has 10 heavy (non-hydrogen) atoms. The zero-order valence-electron chi connectivity index (χ0n) is 6.39. The van der Waals surface area contributed by atoms with Gasteiger partial charge >= 0.3 is 0 Å². The lowest BCUT2D eigenvalue weighted by Crippen LogP contribution is -2.35. The van der Waals surface area contributed by atoms with Crippen molar-refractivity contribution in [3.05, 3.63) is 11.1 Å². The number of aliphatic hydroxyl groups excluding tert-OH is 1. The SMILES string of the molecule is C=C(Br)CNC(C)C(C)O. The van der Waals surface area contributed by atoms with Gasteiger partial charge < -0.3 is 10.4 Å². The molecule has 2 nitrogen and oxygen atoms in total. The Labute approximate surface area is 70.5 Å². The van der Waals surface area contributed by atoms with Crippen LogP contribution in [-0.4, -0.2) is 23.8 Å². The average Bonchev–Trinajstić information content (AvgIpc) is 1.82. The maximum Gasteiger partial charge on any atom is 0.0662 e. The highest BCUT2D eigenvalue weighted by Crippen LogP contribution is 1.99. The third kappa shape index (κ3) is 4.97. The molecule has 0 aliphatic carbocycles. The van der Waals surface area contributed by atoms with Gasteiger partial charge in [-0.05, 0) is 13.8 Å². The van der Waals surface area contributed by atoms with Crippen LogP contribution in [0.5, 0.6) is 0 Å². The van der Waals surface area contributed by atoms with E-state index >= 15 is 0 Å². The van der Waals surface area contributed by atoms with Crippen molar-refractivity contribution >= 4 is 15.9 Å². The molecular formula is C7H14BrNO. The summed E-state index contributed by atoms with van der Waals surface area (Å²) >= 11 is 3.21. The lowest BCUT2D eigenvalue weighted by atomic mass is 10.2. The highest BCUT2D eigenvalue weighted by molar-refractivity contribution is 9.11. The Balaban J connectivity index is 3.39. The molecule has 2 N–H and O–H groups in total. The van der Waals surface area contributed by atoms with Crippen molar-refractivity contribution in [2.75, 3.05) is 6.54 Å². The van der Waals surface area contributed by atoms with Gasteiger partial charge in [-0.25, -0.2) is 0 Å². The lowest BCUT2D eigenvalue weighted by molar-refractivity contribution is 0.155. The van der Waals surface area contributed by atoms with Crippen molar-refractivity contribution in [2.45, 2.75) is 26.0 Å². The molecule has 0 saturated carbocycles. The summed E-state index contributed by atoms with van der Waals surface area (Å²) in [6.07, 6.45) is -0.313. The first-order valence-corrected chi connectivity index (χ1v) is 4.08. The van der Waals surface area contributed by atoms with E-state index in [1.54, 1.807) is 6.92 Å². The Hall–Kier alpha value is 0.140. The third-order valence-electron chi connectivity index (χ3n) is 1.34. The van der Waals surface area contributed by atoms with Crippen LogP contribution < -0.4 is 5.32 Å². The van der Waals surface area contributed by atoms with Gasteiger partial charge in [0.05, 0.1) is 6.10 Å². The van der Waals surface area contributed by atoms with E-state index in [1.165, 1.54) is 0 Å². The molecule has 0 rings (SSSR count). The van der Waals surface area contributed by atoms with Crippen molar-refractivity contribution in [1.29, 1.82) is 0 Å². The number of hydrogen-bond donors (Lipinski definition) is 2. The number of rotatable bonds is 4. The molecule has 0 saturated heterocycles. The summed E-state index contributed by atoms with van der Waals surface area (Å²) in [5, 5.41) is 12.1. The van der Waals surface area contributed by atoms with Gasteiger partial charge in [0.15, 0.2) is 0 Å². The molecular weight excluding hydrogens is 194 g/mol. The fourth-order valence-corrected chi connectivity index (χ4v) is 0.604. The molecule has 0 amide bonds. The van der Waals surface area contributed by atoms with Crippen molar-refractivity contribution in [3.8, 4) is 0 Å². The van der Waals surface area contributed by atoms with E-state index in [0.29, 0.717) is 6.54 Å². The molecule has 0 heterocycles. The maximum atomic E-state index is 9.03. The van der Waals surface area contributed by atoms with Crippen LogP contribution in [0.3, 0.4) is 0 Å². The fraction of sp³-hybridized carbons (Fsp3) is 0.714. The molecule has 0 bridgehead atoms. The molecule has 0 fully saturated rings. The predicted octanol–water partition coefficient (Wildman–Crippen LogP) is 1.25. The second-order valence-electron chi connectivity index (χ2n) is 2.43. The normalized spacial score (nSPS) is 16.4. The first-order chi connectivity index (χ1) is 4.54. The molecule has 0 aliphatic heterocycles. The summed E-state index contributed by atoms with van der Waals surface area (Å²) < 4.78 is 0.903.